The molecule has 0 atom stereocenters. The molecule has 4 aromatic heterocycles. The molecular formula is C136H94N8. The number of rotatable bonds is 15. The van der Waals surface area contributed by atoms with Crippen molar-refractivity contribution in [2.24, 2.45) is 14.1 Å². The fraction of sp³-hybridized carbons (Fsp3) is 0.0588. The second kappa shape index (κ2) is 32.7. The number of fused-ring (bicyclic) bond motifs is 14. The Hall–Kier alpha value is -18.2. The van der Waals surface area contributed by atoms with Crippen LogP contribution in [0.15, 0.2) is 461 Å². The van der Waals surface area contributed by atoms with Gasteiger partial charge < -0.3 is 9.13 Å². The van der Waals surface area contributed by atoms with Gasteiger partial charge in [-0.15, -0.1) is 0 Å². The van der Waals surface area contributed by atoms with E-state index in [1.807, 2.05) is 0 Å². The third-order valence-electron chi connectivity index (χ3n) is 31.3. The van der Waals surface area contributed by atoms with Crippen LogP contribution in [-0.4, -0.2) is 38.2 Å². The van der Waals surface area contributed by atoms with Crippen LogP contribution in [0.4, 0.5) is 0 Å². The van der Waals surface area contributed by atoms with Crippen molar-refractivity contribution in [1.82, 2.24) is 38.2 Å². The van der Waals surface area contributed by atoms with Crippen molar-refractivity contribution in [3.05, 3.63) is 528 Å². The Morgan fingerprint density at radius 3 is 0.979 bits per heavy atom. The van der Waals surface area contributed by atoms with E-state index in [4.69, 9.17) is 19.9 Å². The van der Waals surface area contributed by atoms with Crippen molar-refractivity contribution in [3.63, 3.8) is 0 Å². The molecule has 144 heavy (non-hydrogen) atoms. The molecule has 0 saturated heterocycles. The predicted octanol–water partition coefficient (Wildman–Crippen LogP) is 33.7. The van der Waals surface area contributed by atoms with Crippen LogP contribution in [0, 0.1) is 27.7 Å². The Balaban J connectivity index is 0.626. The van der Waals surface area contributed by atoms with E-state index < -0.39 is 10.8 Å². The van der Waals surface area contributed by atoms with E-state index in [0.717, 1.165) is 178 Å². The zero-order valence-corrected chi connectivity index (χ0v) is 80.5. The van der Waals surface area contributed by atoms with Crippen LogP contribution in [0.3, 0.4) is 0 Å². The van der Waals surface area contributed by atoms with E-state index in [9.17, 15) is 0 Å². The van der Waals surface area contributed by atoms with E-state index in [2.05, 4.69) is 521 Å². The molecule has 28 rings (SSSR count). The normalized spacial score (nSPS) is 12.9. The quantitative estimate of drug-likeness (QED) is 0.0959. The summed E-state index contributed by atoms with van der Waals surface area (Å²) in [5.41, 5.74) is 43.4. The van der Waals surface area contributed by atoms with E-state index in [1.54, 1.807) is 0 Å². The highest BCUT2D eigenvalue weighted by Crippen LogP contribution is 2.64. The van der Waals surface area contributed by atoms with Crippen LogP contribution in [0.5, 0.6) is 0 Å². The maximum Gasteiger partial charge on any atom is 0.145 e. The van der Waals surface area contributed by atoms with Crippen molar-refractivity contribution in [2.45, 2.75) is 38.5 Å². The highest BCUT2D eigenvalue weighted by atomic mass is 15.1. The molecule has 0 amide bonds. The lowest BCUT2D eigenvalue weighted by atomic mass is 9.65. The predicted molar refractivity (Wildman–Crippen MR) is 597 cm³/mol. The number of imidazole rings is 4. The summed E-state index contributed by atoms with van der Waals surface area (Å²) in [6.45, 7) is 8.80. The second-order valence-electron chi connectivity index (χ2n) is 39.4. The van der Waals surface area contributed by atoms with Gasteiger partial charge in [-0.2, -0.15) is 0 Å². The van der Waals surface area contributed by atoms with Crippen LogP contribution in [-0.2, 0) is 24.9 Å². The number of aryl methyl sites for hydroxylation is 6. The van der Waals surface area contributed by atoms with Gasteiger partial charge in [0.1, 0.15) is 23.3 Å². The van der Waals surface area contributed by atoms with Crippen LogP contribution < -0.4 is 0 Å². The summed E-state index contributed by atoms with van der Waals surface area (Å²) in [6, 6.07) is 173. The minimum Gasteiger partial charge on any atom is -0.327 e. The Kier molecular flexibility index (Phi) is 19.0. The van der Waals surface area contributed by atoms with Gasteiger partial charge >= 0.3 is 0 Å². The smallest absolute Gasteiger partial charge is 0.145 e. The first-order chi connectivity index (χ1) is 70.9. The molecule has 22 aromatic carbocycles. The molecule has 0 spiro atoms. The van der Waals surface area contributed by atoms with Crippen molar-refractivity contribution in [1.29, 1.82) is 0 Å². The highest BCUT2D eigenvalue weighted by molar-refractivity contribution is 6.22. The minimum absolute atomic E-state index is 0.692. The van der Waals surface area contributed by atoms with Crippen molar-refractivity contribution < 1.29 is 0 Å². The molecule has 0 fully saturated rings. The van der Waals surface area contributed by atoms with Gasteiger partial charge in [0.25, 0.3) is 0 Å². The van der Waals surface area contributed by atoms with Gasteiger partial charge in [0.2, 0.25) is 0 Å². The molecule has 0 bridgehead atoms. The summed E-state index contributed by atoms with van der Waals surface area (Å²) in [7, 11) is 4.33. The third kappa shape index (κ3) is 12.7. The lowest BCUT2D eigenvalue weighted by molar-refractivity contribution is 0.769. The first-order valence-corrected chi connectivity index (χ1v) is 49.8. The van der Waals surface area contributed by atoms with Crippen LogP contribution in [0.2, 0.25) is 0 Å². The zero-order chi connectivity index (χ0) is 95.9. The fourth-order valence-corrected chi connectivity index (χ4v) is 24.6. The number of hydrogen-bond acceptors (Lipinski definition) is 4. The lowest BCUT2D eigenvalue weighted by Gasteiger charge is -2.36. The SMILES string of the molecule is Cc1ccc(C2(c3ccc(C)cc3)c3ccccc3-c3cccc(-c4c5cccc(-c6ccc7nc(-c8ccccc8)n(C)c7c6)c5cc5c(-c6ccc7nc(-c8cccc(-c9ccc%10c(c9)-c9cccc(-c%11c%12cccc(-n%13c(-c%14ccccc%14)nc%14ccccc%14%13)c%12cc%12c(-n%13c(-c%14ccccc%14)nc%14ccccc%14%13)cccc%11%12)c9C%10(c9ccc(C)cc9)c9ccc(C)cc9)c8)n(C)c7c6)cccc45)c32)cc1. The maximum atomic E-state index is 5.64. The minimum atomic E-state index is -0.845. The summed E-state index contributed by atoms with van der Waals surface area (Å²) < 4.78 is 9.34. The summed E-state index contributed by atoms with van der Waals surface area (Å²) in [4.78, 5) is 21.9. The molecule has 4 heterocycles. The van der Waals surface area contributed by atoms with E-state index >= 15 is 0 Å². The molecule has 0 aliphatic heterocycles. The fourth-order valence-electron chi connectivity index (χ4n) is 24.6. The van der Waals surface area contributed by atoms with Gasteiger partial charge in [-0.25, -0.2) is 19.9 Å². The molecule has 2 aliphatic rings. The Labute approximate surface area is 834 Å². The second-order valence-corrected chi connectivity index (χ2v) is 39.4. The molecular weight excluding hydrogens is 1750 g/mol. The summed E-state index contributed by atoms with van der Waals surface area (Å²) >= 11 is 0. The molecule has 0 radical (unpaired) electrons. The number of benzene rings is 22. The van der Waals surface area contributed by atoms with Gasteiger partial charge in [-0.1, -0.05) is 398 Å². The van der Waals surface area contributed by atoms with Gasteiger partial charge in [0, 0.05) is 47.1 Å². The van der Waals surface area contributed by atoms with Gasteiger partial charge in [-0.3, -0.25) is 9.13 Å². The zero-order valence-electron chi connectivity index (χ0n) is 80.5. The van der Waals surface area contributed by atoms with E-state index in [0.29, 0.717) is 0 Å². The largest absolute Gasteiger partial charge is 0.327 e. The number of para-hydroxylation sites is 4. The van der Waals surface area contributed by atoms with Crippen LogP contribution in [0.25, 0.3) is 222 Å². The molecule has 8 heteroatoms. The first-order valence-electron chi connectivity index (χ1n) is 49.8. The molecule has 0 unspecified atom stereocenters. The Morgan fingerprint density at radius 2 is 0.507 bits per heavy atom. The number of aromatic nitrogens is 8. The number of hydrogen-bond donors (Lipinski definition) is 0. The molecule has 26 aromatic rings. The Bertz CT molecular complexity index is 9540. The molecule has 2 aliphatic carbocycles. The van der Waals surface area contributed by atoms with Crippen molar-refractivity contribution in [2.75, 3.05) is 0 Å². The molecule has 8 nitrogen and oxygen atoms in total. The lowest BCUT2D eigenvalue weighted by Crippen LogP contribution is -2.29. The average Bonchev–Trinajstić information content (AvgIpc) is 1.50. The summed E-state index contributed by atoms with van der Waals surface area (Å²) in [5, 5.41) is 9.07. The molecule has 678 valence electrons. The molecule has 0 N–H and O–H groups in total. The topological polar surface area (TPSA) is 71.3 Å². The standard InChI is InChI=1S/C136H94N8/c1-83-55-66-95(67-56-83)135(96-68-57-84(2)58-69-96)115-48-17-16-37-101(115)106-44-25-46-108(129(106)135)127-102-40-23-38-99(92-64-75-119-125(79-92)141(5)131(137-119)87-29-10-7-11-30-87)110(102)81-111-100(39-24-41-103(111)127)93-65-76-120-126(80-93)142(6)132(138-120)94-36-22-35-90(77-94)91-63-74-116-112(78-91)107-45-26-47-109(130(107)136(116,97-70-59-85(3)60-71-97)98-72-61-86(4)62-73-98)128-104-42-27-53-121(143-123-51-20-18-49-117(123)139-133(143)88-31-12-8-13-32-88)113(104)82-114-105(128)43-28-54-122(114)144-124-52-21-19-50-118(124)140-134(144)89-33-14-9-15-34-89/h7-82H,1-6H3. The highest BCUT2D eigenvalue weighted by Gasteiger charge is 2.50. The summed E-state index contributed by atoms with van der Waals surface area (Å²) in [5.74, 6) is 3.55. The maximum absolute atomic E-state index is 5.64. The number of nitrogens with zero attached hydrogens (tertiary/aromatic N) is 8. The van der Waals surface area contributed by atoms with Gasteiger partial charge in [0.05, 0.1) is 66.3 Å². The van der Waals surface area contributed by atoms with Gasteiger partial charge in [0.15, 0.2) is 0 Å². The van der Waals surface area contributed by atoms with Crippen LogP contribution >= 0.6 is 0 Å². The van der Waals surface area contributed by atoms with Crippen molar-refractivity contribution >= 4 is 87.2 Å². The van der Waals surface area contributed by atoms with E-state index in [-0.39, 0.29) is 0 Å². The Morgan fingerprint density at radius 1 is 0.188 bits per heavy atom. The van der Waals surface area contributed by atoms with Crippen LogP contribution in [0.1, 0.15) is 66.8 Å². The first kappa shape index (κ1) is 83.9. The van der Waals surface area contributed by atoms with E-state index in [1.165, 1.54) is 111 Å². The average molecular weight is 1840 g/mol. The molecule has 0 saturated carbocycles. The summed E-state index contributed by atoms with van der Waals surface area (Å²) in [6.07, 6.45) is 0. The third-order valence-corrected chi connectivity index (χ3v) is 31.3. The van der Waals surface area contributed by atoms with Gasteiger partial charge in [-0.05, 0) is 267 Å². The monoisotopic (exact) mass is 1840 g/mol. The van der Waals surface area contributed by atoms with Crippen molar-refractivity contribution in [3.8, 4) is 135 Å².